The van der Waals surface area contributed by atoms with Gasteiger partial charge in [0.2, 0.25) is 0 Å². The van der Waals surface area contributed by atoms with E-state index in [1.165, 1.54) is 12.1 Å². The third-order valence-electron chi connectivity index (χ3n) is 5.83. The number of hydrogen-bond acceptors (Lipinski definition) is 4. The molecule has 5 rings (SSSR count). The Morgan fingerprint density at radius 3 is 2.53 bits per heavy atom. The van der Waals surface area contributed by atoms with Crippen LogP contribution in [0.15, 0.2) is 83.8 Å². The van der Waals surface area contributed by atoms with Crippen LogP contribution in [0, 0.1) is 0 Å². The van der Waals surface area contributed by atoms with Crippen molar-refractivity contribution in [1.29, 1.82) is 0 Å². The molecule has 0 saturated carbocycles. The maximum atomic E-state index is 13.4. The van der Waals surface area contributed by atoms with E-state index in [0.29, 0.717) is 21.4 Å². The number of alkyl halides is 3. The molecule has 4 aromatic rings. The molecule has 1 aliphatic heterocycles. The molecule has 1 aliphatic rings. The van der Waals surface area contributed by atoms with E-state index in [1.807, 2.05) is 30.3 Å². The molecule has 1 amide bonds. The second kappa shape index (κ2) is 10.6. The molecule has 0 bridgehead atoms. The number of thioether (sulfide) groups is 1. The van der Waals surface area contributed by atoms with Crippen molar-refractivity contribution in [3.8, 4) is 5.75 Å². The van der Waals surface area contributed by atoms with Crippen LogP contribution < -0.4 is 9.64 Å². The highest BCUT2D eigenvalue weighted by molar-refractivity contribution is 8.27. The lowest BCUT2D eigenvalue weighted by Crippen LogP contribution is -2.27. The highest BCUT2D eigenvalue weighted by Gasteiger charge is 2.36. The lowest BCUT2D eigenvalue weighted by molar-refractivity contribution is -0.137. The lowest BCUT2D eigenvalue weighted by Gasteiger charge is -2.16. The number of carbonyl (C=O) groups is 1. The first-order valence-electron chi connectivity index (χ1n) is 11.2. The summed E-state index contributed by atoms with van der Waals surface area (Å²) in [5, 5.41) is 2.72. The van der Waals surface area contributed by atoms with Gasteiger partial charge in [-0.2, -0.15) is 13.2 Å². The van der Waals surface area contributed by atoms with Crippen molar-refractivity contribution < 1.29 is 22.7 Å². The monoisotopic (exact) mass is 589 g/mol. The fourth-order valence-electron chi connectivity index (χ4n) is 3.99. The van der Waals surface area contributed by atoms with Crippen LogP contribution in [-0.2, 0) is 17.6 Å². The summed E-state index contributed by atoms with van der Waals surface area (Å²) in [4.78, 5) is 14.8. The topological polar surface area (TPSA) is 29.5 Å². The highest BCUT2D eigenvalue weighted by Crippen LogP contribution is 2.40. The van der Waals surface area contributed by atoms with Gasteiger partial charge in [0.15, 0.2) is 4.32 Å². The normalized spacial score (nSPS) is 15.1. The Labute approximate surface area is 235 Å². The maximum Gasteiger partial charge on any atom is 0.416 e. The zero-order chi connectivity index (χ0) is 27.0. The predicted octanol–water partition coefficient (Wildman–Crippen LogP) is 9.15. The van der Waals surface area contributed by atoms with E-state index in [0.717, 1.165) is 45.1 Å². The summed E-state index contributed by atoms with van der Waals surface area (Å²) in [7, 11) is 0. The number of carbonyl (C=O) groups excluding carboxylic acids is 1. The van der Waals surface area contributed by atoms with Gasteiger partial charge in [0.05, 0.1) is 16.2 Å². The van der Waals surface area contributed by atoms with E-state index in [4.69, 9.17) is 40.2 Å². The van der Waals surface area contributed by atoms with Crippen LogP contribution in [0.1, 0.15) is 16.7 Å². The van der Waals surface area contributed by atoms with Crippen LogP contribution in [0.5, 0.6) is 5.75 Å². The standard InChI is InChI=1S/C28H16Cl2F3NO2S2/c29-19-10-8-17(23(30)13-19)15-36-24-11-9-16-4-1-2-7-21(16)22(24)14-25-26(35)34(27(37)38-25)20-6-3-5-18(12-20)28(31,32)33/h1-14H,15H2. The Morgan fingerprint density at radius 1 is 0.974 bits per heavy atom. The van der Waals surface area contributed by atoms with Crippen LogP contribution in [-0.4, -0.2) is 10.2 Å². The van der Waals surface area contributed by atoms with E-state index in [9.17, 15) is 18.0 Å². The summed E-state index contributed by atoms with van der Waals surface area (Å²) >= 11 is 18.7. The third-order valence-corrected chi connectivity index (χ3v) is 7.72. The Morgan fingerprint density at radius 2 is 1.76 bits per heavy atom. The van der Waals surface area contributed by atoms with Crippen LogP contribution in [0.3, 0.4) is 0 Å². The molecule has 1 fully saturated rings. The SMILES string of the molecule is O=C1C(=Cc2c(OCc3ccc(Cl)cc3Cl)ccc3ccccc23)SC(=S)N1c1cccc(C(F)(F)F)c1. The Kier molecular flexibility index (Phi) is 7.42. The number of benzene rings is 4. The van der Waals surface area contributed by atoms with Gasteiger partial charge < -0.3 is 4.74 Å². The smallest absolute Gasteiger partial charge is 0.416 e. The molecule has 0 spiro atoms. The van der Waals surface area contributed by atoms with Crippen molar-refractivity contribution in [1.82, 2.24) is 0 Å². The number of amides is 1. The van der Waals surface area contributed by atoms with Gasteiger partial charge in [-0.3, -0.25) is 9.69 Å². The second-order valence-electron chi connectivity index (χ2n) is 8.29. The van der Waals surface area contributed by atoms with Crippen molar-refractivity contribution in [3.63, 3.8) is 0 Å². The van der Waals surface area contributed by atoms with Gasteiger partial charge in [-0.25, -0.2) is 0 Å². The number of rotatable bonds is 5. The molecule has 1 heterocycles. The van der Waals surface area contributed by atoms with E-state index in [2.05, 4.69) is 0 Å². The molecule has 0 unspecified atom stereocenters. The molecule has 10 heteroatoms. The van der Waals surface area contributed by atoms with Gasteiger partial charge >= 0.3 is 6.18 Å². The molecule has 4 aromatic carbocycles. The van der Waals surface area contributed by atoms with Gasteiger partial charge in [-0.05, 0) is 53.2 Å². The minimum Gasteiger partial charge on any atom is -0.488 e. The summed E-state index contributed by atoms with van der Waals surface area (Å²) in [5.74, 6) is -0.0157. The van der Waals surface area contributed by atoms with Crippen molar-refractivity contribution in [2.45, 2.75) is 12.8 Å². The molecular formula is C28H16Cl2F3NO2S2. The lowest BCUT2D eigenvalue weighted by atomic mass is 10.0. The minimum atomic E-state index is -4.55. The number of thiocarbonyl (C=S) groups is 1. The van der Waals surface area contributed by atoms with Gasteiger partial charge in [0, 0.05) is 21.2 Å². The predicted molar refractivity (Wildman–Crippen MR) is 152 cm³/mol. The van der Waals surface area contributed by atoms with Crippen LogP contribution >= 0.6 is 47.2 Å². The largest absolute Gasteiger partial charge is 0.488 e. The summed E-state index contributed by atoms with van der Waals surface area (Å²) in [5.41, 5.74) is 0.555. The molecule has 0 N–H and O–H groups in total. The quantitative estimate of drug-likeness (QED) is 0.171. The molecule has 192 valence electrons. The molecule has 0 aromatic heterocycles. The zero-order valence-corrected chi connectivity index (χ0v) is 22.4. The minimum absolute atomic E-state index is 0.0532. The van der Waals surface area contributed by atoms with Gasteiger partial charge in [-0.15, -0.1) is 0 Å². The third kappa shape index (κ3) is 5.40. The number of ether oxygens (including phenoxy) is 1. The molecular weight excluding hydrogens is 574 g/mol. The molecule has 0 radical (unpaired) electrons. The number of nitrogens with zero attached hydrogens (tertiary/aromatic N) is 1. The number of hydrogen-bond donors (Lipinski definition) is 0. The van der Waals surface area contributed by atoms with Gasteiger partial charge in [0.25, 0.3) is 5.91 Å². The van der Waals surface area contributed by atoms with Crippen molar-refractivity contribution in [2.24, 2.45) is 0 Å². The average molecular weight is 590 g/mol. The fourth-order valence-corrected chi connectivity index (χ4v) is 5.73. The van der Waals surface area contributed by atoms with Crippen molar-refractivity contribution in [3.05, 3.63) is 111 Å². The average Bonchev–Trinajstić information content (AvgIpc) is 3.16. The van der Waals surface area contributed by atoms with Crippen molar-refractivity contribution >= 4 is 79.9 Å². The van der Waals surface area contributed by atoms with E-state index in [1.54, 1.807) is 30.3 Å². The first-order valence-corrected chi connectivity index (χ1v) is 13.1. The van der Waals surface area contributed by atoms with E-state index in [-0.39, 0.29) is 21.5 Å². The maximum absolute atomic E-state index is 13.4. The van der Waals surface area contributed by atoms with Crippen molar-refractivity contribution in [2.75, 3.05) is 4.90 Å². The molecule has 1 saturated heterocycles. The first-order chi connectivity index (χ1) is 18.1. The summed E-state index contributed by atoms with van der Waals surface area (Å²) in [6.07, 6.45) is -2.89. The Balaban J connectivity index is 1.52. The van der Waals surface area contributed by atoms with E-state index < -0.39 is 17.6 Å². The molecule has 3 nitrogen and oxygen atoms in total. The number of anilines is 1. The molecule has 38 heavy (non-hydrogen) atoms. The van der Waals surface area contributed by atoms with Gasteiger partial charge in [0.1, 0.15) is 12.4 Å². The fraction of sp³-hybridized carbons (Fsp3) is 0.0714. The molecule has 0 aliphatic carbocycles. The first kappa shape index (κ1) is 26.6. The second-order valence-corrected chi connectivity index (χ2v) is 10.8. The Bertz CT molecular complexity index is 1620. The summed E-state index contributed by atoms with van der Waals surface area (Å²) in [6, 6.07) is 20.9. The van der Waals surface area contributed by atoms with Gasteiger partial charge in [-0.1, -0.05) is 89.6 Å². The number of fused-ring (bicyclic) bond motifs is 1. The van der Waals surface area contributed by atoms with E-state index >= 15 is 0 Å². The number of halogens is 5. The summed E-state index contributed by atoms with van der Waals surface area (Å²) in [6.45, 7) is 0.153. The molecule has 0 atom stereocenters. The highest BCUT2D eigenvalue weighted by atomic mass is 35.5. The van der Waals surface area contributed by atoms with Crippen LogP contribution in [0.2, 0.25) is 10.0 Å². The van der Waals surface area contributed by atoms with Crippen LogP contribution in [0.4, 0.5) is 18.9 Å². The van der Waals surface area contributed by atoms with Crippen LogP contribution in [0.25, 0.3) is 16.8 Å². The Hall–Kier alpha value is -3.04. The zero-order valence-electron chi connectivity index (χ0n) is 19.3. The summed E-state index contributed by atoms with van der Waals surface area (Å²) < 4.78 is 46.1.